The summed E-state index contributed by atoms with van der Waals surface area (Å²) < 4.78 is 5.10. The Morgan fingerprint density at radius 2 is 2.35 bits per heavy atom. The number of ether oxygens (including phenoxy) is 1. The van der Waals surface area contributed by atoms with E-state index in [4.69, 9.17) is 9.84 Å². The van der Waals surface area contributed by atoms with E-state index in [0.717, 1.165) is 5.56 Å². The summed E-state index contributed by atoms with van der Waals surface area (Å²) in [5.41, 5.74) is 1.63. The van der Waals surface area contributed by atoms with Crippen molar-refractivity contribution in [2.45, 2.75) is 5.92 Å². The van der Waals surface area contributed by atoms with Crippen LogP contribution in [0, 0.1) is 0 Å². The minimum Gasteiger partial charge on any atom is -0.465 e. The van der Waals surface area contributed by atoms with Crippen molar-refractivity contribution in [3.8, 4) is 0 Å². The molecular formula is C13H17NO3. The second-order valence-corrected chi connectivity index (χ2v) is 3.73. The van der Waals surface area contributed by atoms with E-state index in [-0.39, 0.29) is 5.92 Å². The second-order valence-electron chi connectivity index (χ2n) is 3.73. The summed E-state index contributed by atoms with van der Waals surface area (Å²) in [5.74, 6) is 0.0714. The summed E-state index contributed by atoms with van der Waals surface area (Å²) in [6, 6.07) is 7.35. The van der Waals surface area contributed by atoms with Gasteiger partial charge >= 0.3 is 6.09 Å². The van der Waals surface area contributed by atoms with Crippen molar-refractivity contribution in [1.82, 2.24) is 0 Å². The Labute approximate surface area is 101 Å². The Morgan fingerprint density at radius 1 is 1.65 bits per heavy atom. The molecular weight excluding hydrogens is 218 g/mol. The number of nitrogens with zero attached hydrogens (tertiary/aromatic N) is 1. The molecule has 4 heteroatoms. The molecule has 17 heavy (non-hydrogen) atoms. The molecule has 0 aromatic heterocycles. The van der Waals surface area contributed by atoms with Gasteiger partial charge in [0.15, 0.2) is 0 Å². The predicted molar refractivity (Wildman–Crippen MR) is 67.7 cm³/mol. The molecule has 0 spiro atoms. The molecule has 1 unspecified atom stereocenters. The fourth-order valence-electron chi connectivity index (χ4n) is 1.55. The molecule has 0 saturated heterocycles. The summed E-state index contributed by atoms with van der Waals surface area (Å²) in [6.07, 6.45) is 0.813. The monoisotopic (exact) mass is 235 g/mol. The van der Waals surface area contributed by atoms with E-state index >= 15 is 0 Å². The lowest BCUT2D eigenvalue weighted by atomic mass is 9.99. The van der Waals surface area contributed by atoms with Gasteiger partial charge in [-0.1, -0.05) is 18.2 Å². The van der Waals surface area contributed by atoms with Gasteiger partial charge in [0.2, 0.25) is 0 Å². The number of anilines is 1. The van der Waals surface area contributed by atoms with Crippen LogP contribution in [0.3, 0.4) is 0 Å². The number of hydrogen-bond donors (Lipinski definition) is 1. The zero-order valence-electron chi connectivity index (χ0n) is 10.1. The van der Waals surface area contributed by atoms with Crippen molar-refractivity contribution in [3.63, 3.8) is 0 Å². The van der Waals surface area contributed by atoms with Crippen LogP contribution in [0.1, 0.15) is 11.5 Å². The normalized spacial score (nSPS) is 11.9. The van der Waals surface area contributed by atoms with Gasteiger partial charge in [-0.05, 0) is 17.7 Å². The highest BCUT2D eigenvalue weighted by atomic mass is 16.5. The van der Waals surface area contributed by atoms with E-state index in [0.29, 0.717) is 12.3 Å². The molecule has 0 heterocycles. The van der Waals surface area contributed by atoms with Crippen LogP contribution in [0.2, 0.25) is 0 Å². The Bertz CT molecular complexity index is 403. The van der Waals surface area contributed by atoms with Crippen LogP contribution in [0.5, 0.6) is 0 Å². The average molecular weight is 235 g/mol. The van der Waals surface area contributed by atoms with E-state index < -0.39 is 6.09 Å². The number of hydrogen-bond acceptors (Lipinski definition) is 2. The first-order valence-electron chi connectivity index (χ1n) is 5.28. The molecule has 0 aliphatic rings. The first-order chi connectivity index (χ1) is 8.10. The van der Waals surface area contributed by atoms with Crippen molar-refractivity contribution in [1.29, 1.82) is 0 Å². The van der Waals surface area contributed by atoms with Gasteiger partial charge in [-0.25, -0.2) is 4.79 Å². The highest BCUT2D eigenvalue weighted by molar-refractivity contribution is 5.85. The van der Waals surface area contributed by atoms with Crippen LogP contribution in [0.4, 0.5) is 10.5 Å². The van der Waals surface area contributed by atoms with Crippen molar-refractivity contribution in [2.24, 2.45) is 0 Å². The zero-order chi connectivity index (χ0) is 12.8. The summed E-state index contributed by atoms with van der Waals surface area (Å²) >= 11 is 0. The minimum atomic E-state index is -0.982. The maximum atomic E-state index is 10.9. The van der Waals surface area contributed by atoms with Gasteiger partial charge in [0, 0.05) is 25.8 Å². The number of rotatable bonds is 5. The van der Waals surface area contributed by atoms with E-state index in [1.165, 1.54) is 11.9 Å². The molecule has 1 N–H and O–H groups in total. The lowest BCUT2D eigenvalue weighted by molar-refractivity contribution is 0.191. The quantitative estimate of drug-likeness (QED) is 0.798. The van der Waals surface area contributed by atoms with Crippen molar-refractivity contribution < 1.29 is 14.6 Å². The third kappa shape index (κ3) is 3.32. The number of amides is 1. The van der Waals surface area contributed by atoms with Crippen LogP contribution in [0.25, 0.3) is 0 Å². The van der Waals surface area contributed by atoms with Crippen LogP contribution in [0.15, 0.2) is 36.9 Å². The molecule has 0 radical (unpaired) electrons. The van der Waals surface area contributed by atoms with Crippen LogP contribution < -0.4 is 4.90 Å². The molecule has 1 aromatic rings. The average Bonchev–Trinajstić information content (AvgIpc) is 2.35. The number of methoxy groups -OCH3 is 1. The smallest absolute Gasteiger partial charge is 0.411 e. The Kier molecular flexibility index (Phi) is 4.72. The largest absolute Gasteiger partial charge is 0.465 e. The highest BCUT2D eigenvalue weighted by Crippen LogP contribution is 2.22. The fourth-order valence-corrected chi connectivity index (χ4v) is 1.55. The van der Waals surface area contributed by atoms with Gasteiger partial charge in [0.25, 0.3) is 0 Å². The van der Waals surface area contributed by atoms with Gasteiger partial charge in [-0.3, -0.25) is 4.90 Å². The Morgan fingerprint density at radius 3 is 2.88 bits per heavy atom. The van der Waals surface area contributed by atoms with Crippen LogP contribution in [-0.2, 0) is 4.74 Å². The number of carbonyl (C=O) groups is 1. The molecule has 1 rings (SSSR count). The third-order valence-corrected chi connectivity index (χ3v) is 2.60. The highest BCUT2D eigenvalue weighted by Gasteiger charge is 2.12. The molecule has 4 nitrogen and oxygen atoms in total. The molecule has 0 aliphatic carbocycles. The molecule has 0 fully saturated rings. The maximum Gasteiger partial charge on any atom is 0.411 e. The first-order valence-corrected chi connectivity index (χ1v) is 5.28. The van der Waals surface area contributed by atoms with Gasteiger partial charge in [0.1, 0.15) is 0 Å². The first kappa shape index (κ1) is 13.3. The SMILES string of the molecule is C=CC(COC)c1cccc(N(C)C(=O)O)c1. The summed E-state index contributed by atoms with van der Waals surface area (Å²) in [7, 11) is 3.14. The van der Waals surface area contributed by atoms with Crippen molar-refractivity contribution >= 4 is 11.8 Å². The fraction of sp³-hybridized carbons (Fsp3) is 0.308. The van der Waals surface area contributed by atoms with Crippen LogP contribution >= 0.6 is 0 Å². The molecule has 1 amide bonds. The van der Waals surface area contributed by atoms with Crippen molar-refractivity contribution in [3.05, 3.63) is 42.5 Å². The van der Waals surface area contributed by atoms with Gasteiger partial charge in [-0.15, -0.1) is 6.58 Å². The van der Waals surface area contributed by atoms with Gasteiger partial charge in [-0.2, -0.15) is 0 Å². The zero-order valence-corrected chi connectivity index (χ0v) is 10.1. The minimum absolute atomic E-state index is 0.0714. The topological polar surface area (TPSA) is 49.8 Å². The van der Waals surface area contributed by atoms with E-state index in [2.05, 4.69) is 6.58 Å². The predicted octanol–water partition coefficient (Wildman–Crippen LogP) is 2.72. The van der Waals surface area contributed by atoms with Gasteiger partial charge in [0.05, 0.1) is 6.61 Å². The number of benzene rings is 1. The second kappa shape index (κ2) is 6.06. The molecule has 0 bridgehead atoms. The van der Waals surface area contributed by atoms with E-state index in [1.54, 1.807) is 19.3 Å². The van der Waals surface area contributed by atoms with Crippen LogP contribution in [-0.4, -0.2) is 32.0 Å². The molecule has 0 saturated carbocycles. The number of carboxylic acid groups (broad SMARTS) is 1. The van der Waals surface area contributed by atoms with Gasteiger partial charge < -0.3 is 9.84 Å². The Hall–Kier alpha value is -1.81. The molecule has 1 atom stereocenters. The molecule has 0 aliphatic heterocycles. The summed E-state index contributed by atoms with van der Waals surface area (Å²) in [6.45, 7) is 4.29. The lowest BCUT2D eigenvalue weighted by Gasteiger charge is -2.17. The Balaban J connectivity index is 2.99. The van der Waals surface area contributed by atoms with E-state index in [1.807, 2.05) is 18.2 Å². The summed E-state index contributed by atoms with van der Waals surface area (Å²) in [4.78, 5) is 12.0. The van der Waals surface area contributed by atoms with Crippen molar-refractivity contribution in [2.75, 3.05) is 25.7 Å². The lowest BCUT2D eigenvalue weighted by Crippen LogP contribution is -2.23. The third-order valence-electron chi connectivity index (χ3n) is 2.60. The standard InChI is InChI=1S/C13H17NO3/c1-4-10(9-17-3)11-6-5-7-12(8-11)14(2)13(15)16/h4-8,10H,1,9H2,2-3H3,(H,15,16). The van der Waals surface area contributed by atoms with E-state index in [9.17, 15) is 4.79 Å². The molecule has 92 valence electrons. The maximum absolute atomic E-state index is 10.9. The summed E-state index contributed by atoms with van der Waals surface area (Å²) in [5, 5.41) is 8.91. The molecule has 1 aromatic carbocycles.